The van der Waals surface area contributed by atoms with Crippen LogP contribution in [0.15, 0.2) is 18.2 Å². The molecule has 1 atom stereocenters. The fraction of sp³-hybridized carbons (Fsp3) is 0.579. The van der Waals surface area contributed by atoms with Gasteiger partial charge in [-0.05, 0) is 47.5 Å². The number of rotatable bonds is 9. The van der Waals surface area contributed by atoms with Gasteiger partial charge >= 0.3 is 5.97 Å². The second-order valence-corrected chi connectivity index (χ2v) is 7.95. The zero-order valence-electron chi connectivity index (χ0n) is 15.7. The van der Waals surface area contributed by atoms with Crippen molar-refractivity contribution in [1.82, 2.24) is 5.32 Å². The number of aliphatic carboxylic acids is 1. The Balaban J connectivity index is 2.76. The molecule has 0 saturated carbocycles. The van der Waals surface area contributed by atoms with Gasteiger partial charge in [0.15, 0.2) is 6.61 Å². The smallest absolute Gasteiger partial charge is 0.326 e. The average molecular weight is 368 g/mol. The van der Waals surface area contributed by atoms with Crippen molar-refractivity contribution in [2.45, 2.75) is 52.0 Å². The van der Waals surface area contributed by atoms with Crippen LogP contribution in [0.4, 0.5) is 0 Å². The molecule has 6 heteroatoms. The molecular weight excluding hydrogens is 338 g/mol. The van der Waals surface area contributed by atoms with Crippen LogP contribution in [0.5, 0.6) is 5.75 Å². The summed E-state index contributed by atoms with van der Waals surface area (Å²) in [6.45, 7) is 8.18. The number of carboxylic acid groups (broad SMARTS) is 1. The molecule has 2 N–H and O–H groups in total. The van der Waals surface area contributed by atoms with E-state index in [9.17, 15) is 14.7 Å². The number of carbonyl (C=O) groups is 2. The van der Waals surface area contributed by atoms with Crippen LogP contribution in [-0.2, 0) is 21.4 Å². The van der Waals surface area contributed by atoms with Gasteiger partial charge in [-0.25, -0.2) is 4.79 Å². The number of ether oxygens (including phenoxy) is 1. The van der Waals surface area contributed by atoms with E-state index in [0.717, 1.165) is 12.0 Å². The second-order valence-electron chi connectivity index (χ2n) is 6.96. The molecule has 1 aromatic carbocycles. The maximum Gasteiger partial charge on any atom is 0.326 e. The van der Waals surface area contributed by atoms with E-state index >= 15 is 0 Å². The summed E-state index contributed by atoms with van der Waals surface area (Å²) in [6, 6.07) is 5.09. The highest BCUT2D eigenvalue weighted by Gasteiger charge is 2.22. The van der Waals surface area contributed by atoms with E-state index in [1.807, 2.05) is 18.4 Å². The van der Waals surface area contributed by atoms with Gasteiger partial charge in [-0.2, -0.15) is 11.8 Å². The number of hydrogen-bond donors (Lipinski definition) is 2. The van der Waals surface area contributed by atoms with Crippen LogP contribution in [0.1, 0.15) is 45.2 Å². The number of hydrogen-bond acceptors (Lipinski definition) is 4. The number of carboxylic acids is 1. The first-order valence-electron chi connectivity index (χ1n) is 8.46. The van der Waals surface area contributed by atoms with Crippen molar-refractivity contribution in [2.75, 3.05) is 18.6 Å². The monoisotopic (exact) mass is 367 g/mol. The standard InChI is InChI=1S/C19H29NO4S/c1-6-13-7-8-16(14(11-13)19(2,3)4)24-12-17(21)20-15(18(22)23)9-10-25-5/h7-8,11,15H,6,9-10,12H2,1-5H3,(H,20,21)(H,22,23)/t15-/m1/s1. The van der Waals surface area contributed by atoms with Crippen molar-refractivity contribution in [3.63, 3.8) is 0 Å². The summed E-state index contributed by atoms with van der Waals surface area (Å²) in [5.74, 6) is -0.112. The van der Waals surface area contributed by atoms with Crippen LogP contribution in [0.3, 0.4) is 0 Å². The lowest BCUT2D eigenvalue weighted by Crippen LogP contribution is -2.43. The highest BCUT2D eigenvalue weighted by Crippen LogP contribution is 2.32. The highest BCUT2D eigenvalue weighted by atomic mass is 32.2. The minimum absolute atomic E-state index is 0.112. The third-order valence-electron chi connectivity index (χ3n) is 3.86. The van der Waals surface area contributed by atoms with Crippen molar-refractivity contribution in [1.29, 1.82) is 0 Å². The third kappa shape index (κ3) is 6.98. The number of thioether (sulfide) groups is 1. The molecule has 0 aliphatic heterocycles. The summed E-state index contributed by atoms with van der Waals surface area (Å²) in [6.07, 6.45) is 3.22. The fourth-order valence-electron chi connectivity index (χ4n) is 2.38. The van der Waals surface area contributed by atoms with E-state index in [0.29, 0.717) is 17.9 Å². The second kappa shape index (κ2) is 9.70. The van der Waals surface area contributed by atoms with E-state index in [1.54, 1.807) is 11.8 Å². The molecule has 0 spiro atoms. The van der Waals surface area contributed by atoms with E-state index in [4.69, 9.17) is 4.74 Å². The quantitative estimate of drug-likeness (QED) is 0.701. The van der Waals surface area contributed by atoms with Crippen LogP contribution in [-0.4, -0.2) is 41.6 Å². The zero-order valence-corrected chi connectivity index (χ0v) is 16.5. The first kappa shape index (κ1) is 21.4. The van der Waals surface area contributed by atoms with Crippen molar-refractivity contribution in [2.24, 2.45) is 0 Å². The van der Waals surface area contributed by atoms with Gasteiger partial charge in [-0.1, -0.05) is 39.8 Å². The summed E-state index contributed by atoms with van der Waals surface area (Å²) < 4.78 is 5.70. The number of amides is 1. The molecule has 5 nitrogen and oxygen atoms in total. The Kier molecular flexibility index (Phi) is 8.29. The molecule has 25 heavy (non-hydrogen) atoms. The topological polar surface area (TPSA) is 75.6 Å². The van der Waals surface area contributed by atoms with Crippen molar-refractivity contribution >= 4 is 23.6 Å². The molecule has 0 heterocycles. The minimum atomic E-state index is -1.02. The molecule has 0 aliphatic carbocycles. The van der Waals surface area contributed by atoms with Crippen molar-refractivity contribution < 1.29 is 19.4 Å². The first-order chi connectivity index (χ1) is 11.7. The third-order valence-corrected chi connectivity index (χ3v) is 4.51. The van der Waals surface area contributed by atoms with E-state index in [-0.39, 0.29) is 12.0 Å². The molecule has 0 bridgehead atoms. The molecule has 0 aliphatic rings. The maximum absolute atomic E-state index is 12.1. The van der Waals surface area contributed by atoms with Gasteiger partial charge in [0.1, 0.15) is 11.8 Å². The Morgan fingerprint density at radius 3 is 2.52 bits per heavy atom. The summed E-state index contributed by atoms with van der Waals surface area (Å²) >= 11 is 1.55. The molecule has 0 aromatic heterocycles. The molecule has 1 rings (SSSR count). The lowest BCUT2D eigenvalue weighted by molar-refractivity contribution is -0.142. The SMILES string of the molecule is CCc1ccc(OCC(=O)N[C@H](CCSC)C(=O)O)c(C(C)(C)C)c1. The van der Waals surface area contributed by atoms with Gasteiger partial charge < -0.3 is 15.2 Å². The largest absolute Gasteiger partial charge is 0.483 e. The van der Waals surface area contributed by atoms with E-state index in [2.05, 4.69) is 39.1 Å². The van der Waals surface area contributed by atoms with Gasteiger partial charge in [-0.3, -0.25) is 4.79 Å². The predicted octanol–water partition coefficient (Wildman–Crippen LogP) is 3.25. The van der Waals surface area contributed by atoms with Crippen LogP contribution >= 0.6 is 11.8 Å². The summed E-state index contributed by atoms with van der Waals surface area (Å²) in [4.78, 5) is 23.3. The Morgan fingerprint density at radius 1 is 1.32 bits per heavy atom. The molecule has 0 saturated heterocycles. The fourth-order valence-corrected chi connectivity index (χ4v) is 2.85. The molecule has 0 unspecified atom stereocenters. The first-order valence-corrected chi connectivity index (χ1v) is 9.85. The van der Waals surface area contributed by atoms with Gasteiger partial charge in [0.05, 0.1) is 0 Å². The summed E-state index contributed by atoms with van der Waals surface area (Å²) in [5.41, 5.74) is 2.14. The Bertz CT molecular complexity index is 596. The summed E-state index contributed by atoms with van der Waals surface area (Å²) in [7, 11) is 0. The summed E-state index contributed by atoms with van der Waals surface area (Å²) in [5, 5.41) is 11.7. The zero-order chi connectivity index (χ0) is 19.0. The lowest BCUT2D eigenvalue weighted by atomic mass is 9.85. The molecule has 0 fully saturated rings. The van der Waals surface area contributed by atoms with Gasteiger partial charge in [0, 0.05) is 0 Å². The van der Waals surface area contributed by atoms with Crippen LogP contribution < -0.4 is 10.1 Å². The average Bonchev–Trinajstić information content (AvgIpc) is 2.55. The minimum Gasteiger partial charge on any atom is -0.483 e. The Labute approximate surface area is 154 Å². The molecule has 140 valence electrons. The lowest BCUT2D eigenvalue weighted by Gasteiger charge is -2.24. The maximum atomic E-state index is 12.1. The number of carbonyl (C=O) groups excluding carboxylic acids is 1. The van der Waals surface area contributed by atoms with Crippen LogP contribution in [0.25, 0.3) is 0 Å². The number of nitrogens with one attached hydrogen (secondary N) is 1. The van der Waals surface area contributed by atoms with Gasteiger partial charge in [0.2, 0.25) is 0 Å². The highest BCUT2D eigenvalue weighted by molar-refractivity contribution is 7.98. The normalized spacial score (nSPS) is 12.5. The van der Waals surface area contributed by atoms with Gasteiger partial charge in [-0.15, -0.1) is 0 Å². The van der Waals surface area contributed by atoms with Crippen LogP contribution in [0.2, 0.25) is 0 Å². The van der Waals surface area contributed by atoms with Crippen molar-refractivity contribution in [3.05, 3.63) is 29.3 Å². The van der Waals surface area contributed by atoms with Crippen molar-refractivity contribution in [3.8, 4) is 5.75 Å². The number of aryl methyl sites for hydroxylation is 1. The predicted molar refractivity (Wildman–Crippen MR) is 103 cm³/mol. The van der Waals surface area contributed by atoms with E-state index < -0.39 is 17.9 Å². The Hall–Kier alpha value is -1.69. The number of benzene rings is 1. The van der Waals surface area contributed by atoms with E-state index in [1.165, 1.54) is 5.56 Å². The van der Waals surface area contributed by atoms with Gasteiger partial charge in [0.25, 0.3) is 5.91 Å². The Morgan fingerprint density at radius 2 is 2.00 bits per heavy atom. The van der Waals surface area contributed by atoms with Crippen LogP contribution in [0, 0.1) is 0 Å². The molecular formula is C19H29NO4S. The molecule has 1 aromatic rings. The molecule has 1 amide bonds. The molecule has 0 radical (unpaired) electrons.